The summed E-state index contributed by atoms with van der Waals surface area (Å²) in [6.07, 6.45) is 0.820. The van der Waals surface area contributed by atoms with Crippen LogP contribution in [0, 0.1) is 0 Å². The molecule has 0 aliphatic rings. The zero-order valence-corrected chi connectivity index (χ0v) is 11.7. The van der Waals surface area contributed by atoms with Crippen LogP contribution in [0.1, 0.15) is 27.2 Å². The van der Waals surface area contributed by atoms with Crippen molar-refractivity contribution in [3.63, 3.8) is 0 Å². The van der Waals surface area contributed by atoms with Gasteiger partial charge in [0.1, 0.15) is 0 Å². The third-order valence-corrected chi connectivity index (χ3v) is 5.43. The molecule has 0 saturated carbocycles. The molecule has 0 aromatic heterocycles. The van der Waals surface area contributed by atoms with Gasteiger partial charge in [-0.3, -0.25) is 0 Å². The van der Waals surface area contributed by atoms with Crippen molar-refractivity contribution >= 4 is 25.4 Å². The number of hydrogen-bond acceptors (Lipinski definition) is 2. The summed E-state index contributed by atoms with van der Waals surface area (Å²) in [4.78, 5) is 11.9. The van der Waals surface area contributed by atoms with E-state index in [9.17, 15) is 4.79 Å². The monoisotopic (exact) mass is 286 g/mol. The van der Waals surface area contributed by atoms with E-state index in [1.165, 1.54) is 4.46 Å². The van der Waals surface area contributed by atoms with Gasteiger partial charge < -0.3 is 0 Å². The molecule has 0 N–H and O–H groups in total. The average molecular weight is 285 g/mol. The van der Waals surface area contributed by atoms with Gasteiger partial charge in [0.25, 0.3) is 0 Å². The molecule has 1 unspecified atom stereocenters. The van der Waals surface area contributed by atoms with E-state index >= 15 is 0 Å². The number of carbonyl (C=O) groups excluding carboxylic acids is 1. The molecule has 0 heterocycles. The van der Waals surface area contributed by atoms with Crippen molar-refractivity contribution in [2.75, 3.05) is 6.61 Å². The first-order valence-corrected chi connectivity index (χ1v) is 7.25. The van der Waals surface area contributed by atoms with E-state index in [0.29, 0.717) is 6.61 Å². The summed E-state index contributed by atoms with van der Waals surface area (Å²) in [5, 5.41) is 0. The fourth-order valence-corrected chi connectivity index (χ4v) is 3.60. The number of esters is 1. The normalized spacial score (nSPS) is 14.2. The molecule has 0 aliphatic carbocycles. The van der Waals surface area contributed by atoms with E-state index in [-0.39, 0.29) is 25.2 Å². The Labute approximate surface area is 104 Å². The molecular weight excluding hydrogens is 267 g/mol. The summed E-state index contributed by atoms with van der Waals surface area (Å²) in [5.41, 5.74) is 0. The molecule has 2 nitrogen and oxygen atoms in total. The van der Waals surface area contributed by atoms with Gasteiger partial charge >= 0.3 is 103 Å². The predicted octanol–water partition coefficient (Wildman–Crippen LogP) is 2.17. The van der Waals surface area contributed by atoms with Crippen LogP contribution < -0.4 is 4.46 Å². The van der Waals surface area contributed by atoms with Gasteiger partial charge in [-0.05, 0) is 0 Å². The van der Waals surface area contributed by atoms with Crippen LogP contribution in [0.15, 0.2) is 30.3 Å². The molecule has 1 aromatic rings. The van der Waals surface area contributed by atoms with E-state index in [4.69, 9.17) is 4.74 Å². The minimum absolute atomic E-state index is 0.0682. The number of benzene rings is 1. The fraction of sp³-hybridized carbons (Fsp3) is 0.462. The Balaban J connectivity index is 2.78. The van der Waals surface area contributed by atoms with Gasteiger partial charge in [0.05, 0.1) is 0 Å². The fourth-order valence-electron chi connectivity index (χ4n) is 1.29. The second kappa shape index (κ2) is 6.07. The van der Waals surface area contributed by atoms with Crippen LogP contribution >= 0.6 is 0 Å². The van der Waals surface area contributed by atoms with Crippen molar-refractivity contribution in [1.82, 2.24) is 0 Å². The Kier molecular flexibility index (Phi) is 5.04. The molecule has 1 aromatic carbocycles. The van der Waals surface area contributed by atoms with Crippen LogP contribution in [0.4, 0.5) is 0 Å². The van der Waals surface area contributed by atoms with Crippen LogP contribution in [-0.4, -0.2) is 27.5 Å². The number of carbonyl (C=O) groups is 1. The molecule has 1 rings (SSSR count). The van der Waals surface area contributed by atoms with Crippen molar-refractivity contribution in [3.05, 3.63) is 30.3 Å². The molecular formula is C13H18O2Se. The second-order valence-corrected chi connectivity index (χ2v) is 7.03. The molecule has 3 heteroatoms. The quantitative estimate of drug-likeness (QED) is 0.612. The van der Waals surface area contributed by atoms with Crippen LogP contribution in [0.25, 0.3) is 0 Å². The Hall–Kier alpha value is -0.791. The minimum atomic E-state index is -0.343. The summed E-state index contributed by atoms with van der Waals surface area (Å²) in [5.74, 6) is -0.0682. The molecule has 0 fully saturated rings. The first-order valence-electron chi connectivity index (χ1n) is 5.53. The average Bonchev–Trinajstić information content (AvgIpc) is 2.30. The molecule has 88 valence electrons. The topological polar surface area (TPSA) is 26.3 Å². The van der Waals surface area contributed by atoms with Crippen molar-refractivity contribution in [2.24, 2.45) is 0 Å². The Bertz CT molecular complexity index is 337. The molecule has 0 spiro atoms. The van der Waals surface area contributed by atoms with E-state index in [0.717, 1.165) is 6.42 Å². The molecule has 1 atom stereocenters. The van der Waals surface area contributed by atoms with E-state index in [2.05, 4.69) is 12.1 Å². The van der Waals surface area contributed by atoms with Crippen molar-refractivity contribution in [2.45, 2.75) is 31.5 Å². The van der Waals surface area contributed by atoms with Gasteiger partial charge in [0, 0.05) is 0 Å². The van der Waals surface area contributed by atoms with E-state index in [1.807, 2.05) is 39.0 Å². The zero-order valence-electron chi connectivity index (χ0n) is 10.0. The van der Waals surface area contributed by atoms with Gasteiger partial charge in [0.15, 0.2) is 0 Å². The van der Waals surface area contributed by atoms with Crippen LogP contribution in [-0.2, 0) is 9.53 Å². The van der Waals surface area contributed by atoms with Crippen molar-refractivity contribution < 1.29 is 9.53 Å². The Morgan fingerprint density at radius 3 is 2.44 bits per heavy atom. The summed E-state index contributed by atoms with van der Waals surface area (Å²) in [7, 11) is 0. The first-order chi connectivity index (χ1) is 7.62. The van der Waals surface area contributed by atoms with E-state index < -0.39 is 0 Å². The molecule has 0 saturated heterocycles. The van der Waals surface area contributed by atoms with Crippen LogP contribution in [0.5, 0.6) is 0 Å². The van der Waals surface area contributed by atoms with Gasteiger partial charge in [-0.2, -0.15) is 0 Å². The van der Waals surface area contributed by atoms with Crippen LogP contribution in [0.2, 0.25) is 4.31 Å². The van der Waals surface area contributed by atoms with Crippen LogP contribution in [0.3, 0.4) is 0 Å². The second-order valence-electron chi connectivity index (χ2n) is 3.72. The molecule has 0 radical (unpaired) electrons. The number of rotatable bonds is 5. The maximum atomic E-state index is 11.9. The summed E-state index contributed by atoms with van der Waals surface area (Å²) < 4.78 is 6.05. The summed E-state index contributed by atoms with van der Waals surface area (Å²) >= 11 is 0.120. The van der Waals surface area contributed by atoms with Gasteiger partial charge in [-0.25, -0.2) is 0 Å². The molecule has 0 bridgehead atoms. The third kappa shape index (κ3) is 3.36. The first kappa shape index (κ1) is 13.3. The third-order valence-electron chi connectivity index (χ3n) is 2.47. The van der Waals surface area contributed by atoms with Gasteiger partial charge in [0.2, 0.25) is 0 Å². The maximum absolute atomic E-state index is 11.9. The van der Waals surface area contributed by atoms with Gasteiger partial charge in [-0.1, -0.05) is 0 Å². The van der Waals surface area contributed by atoms with Gasteiger partial charge in [-0.15, -0.1) is 0 Å². The number of hydrogen-bond donors (Lipinski definition) is 0. The Morgan fingerprint density at radius 2 is 1.94 bits per heavy atom. The SMILES string of the molecule is CCOC(=O)C(C)(CC)[Se]c1ccccc1. The number of ether oxygens (including phenoxy) is 1. The molecule has 0 amide bonds. The van der Waals surface area contributed by atoms with Crippen molar-refractivity contribution in [1.29, 1.82) is 0 Å². The van der Waals surface area contributed by atoms with Crippen molar-refractivity contribution in [3.8, 4) is 0 Å². The standard InChI is InChI=1S/C13H18O2Se/c1-4-13(3,12(14)15-5-2)16-11-9-7-6-8-10-11/h6-10H,4-5H2,1-3H3. The van der Waals surface area contributed by atoms with E-state index in [1.54, 1.807) is 0 Å². The molecule has 0 aliphatic heterocycles. The molecule has 16 heavy (non-hydrogen) atoms. The summed E-state index contributed by atoms with van der Waals surface area (Å²) in [6, 6.07) is 10.2. The summed E-state index contributed by atoms with van der Waals surface area (Å²) in [6.45, 7) is 6.35. The Morgan fingerprint density at radius 1 is 1.31 bits per heavy atom. The predicted molar refractivity (Wildman–Crippen MR) is 67.1 cm³/mol. The zero-order chi connectivity index (χ0) is 12.0.